The van der Waals surface area contributed by atoms with Gasteiger partial charge in [-0.25, -0.2) is 48.3 Å². The fourth-order valence-corrected chi connectivity index (χ4v) is 19.4. The number of hydrogen-bond donors (Lipinski definition) is 0. The first-order valence-corrected chi connectivity index (χ1v) is 49.0. The molecule has 742 valence electrons. The van der Waals surface area contributed by atoms with Crippen LogP contribution in [-0.2, 0) is 74.6 Å². The van der Waals surface area contributed by atoms with E-state index >= 15 is 0 Å². The van der Waals surface area contributed by atoms with E-state index < -0.39 is 11.9 Å². The van der Waals surface area contributed by atoms with Crippen molar-refractivity contribution in [2.75, 3.05) is 13.2 Å². The average Bonchev–Trinajstić information content (AvgIpc) is 1.60. The summed E-state index contributed by atoms with van der Waals surface area (Å²) in [6.45, 7) is 27.6. The second-order valence-electron chi connectivity index (χ2n) is 35.7. The summed E-state index contributed by atoms with van der Waals surface area (Å²) in [4.78, 5) is 63.2. The van der Waals surface area contributed by atoms with Crippen LogP contribution in [0, 0.1) is 64.5 Å². The molecule has 26 rings (SSSR count). The Hall–Kier alpha value is -18.1. The Balaban J connectivity index is 0.000000105. The number of hydrogen-bond acceptors (Lipinski definition) is 26. The number of benzene rings is 8. The van der Waals surface area contributed by atoms with Crippen LogP contribution in [0.5, 0.6) is 17.5 Å². The molecule has 0 saturated heterocycles. The molecule has 0 spiro atoms. The summed E-state index contributed by atoms with van der Waals surface area (Å²) < 4.78 is 74.4. The largest absolute Gasteiger partial charge is 0.486 e. The summed E-state index contributed by atoms with van der Waals surface area (Å²) in [6, 6.07) is 53.8. The predicted octanol–water partition coefficient (Wildman–Crippen LogP) is 17.7. The molecule has 41 heteroatoms. The standard InChI is InChI=1S/C23H21N5O3.C23H21N5O2.C17H16FN5O2.C15H11FN6.C15H15N5.C14H12BrN5/c1-4-30-22(29)20-19-12-27-21(17-11-15(3)8-9-18(17)28(19)13-24-20)25-26-23(27)31-16-7-5-6-14(2)10-16;1-3-20(29)22-19-12-27-21(13-30-16-7-5-4-6-8-16)25-26-23(27)17-11-15(2)9-10-18(17)28(19)14-24-22;1-3-14-20-21-16-11-7-10(18)5-6-12(11)23-9-19-15(17(24)25-4-2)13(23)8-22(14)16;1-2-14-19-20-15-10-5-9(16)3-4-12(10)22-8-18-11(6-17)13(22)7-21(14)15;1-3-14-17-18-15-12-6-10(2)4-5-13(12)20-9-16-7-11(20)8-19(14)15;1-8-3-4-11-10(5-8)13-17-18-14(15)19(13)6-12-9(2)16-7-20(11)12/h5-11,13H,4,12H2,1-3H3;4-11,14H,3,12-13H2,1-2H3;5-7,9H,3-4,8H2,1-2H3;3-5,8H,2,7H2,1H3;4-7,9H,3,8H2,1-2H3;3-5,7H,6H2,1-2H3. The average molecular weight is 2050 g/mol. The van der Waals surface area contributed by atoms with Crippen molar-refractivity contribution in [3.8, 4) is 126 Å². The van der Waals surface area contributed by atoms with Gasteiger partial charge in [0.15, 0.2) is 63.6 Å². The molecular formula is C107H96BrF2N31O7. The van der Waals surface area contributed by atoms with E-state index in [0.717, 1.165) is 154 Å². The highest BCUT2D eigenvalue weighted by Crippen LogP contribution is 2.43. The van der Waals surface area contributed by atoms with Crippen LogP contribution in [0.3, 0.4) is 0 Å². The maximum atomic E-state index is 13.9. The van der Waals surface area contributed by atoms with Crippen molar-refractivity contribution in [3.05, 3.63) is 338 Å². The lowest BCUT2D eigenvalue weighted by molar-refractivity contribution is 0.0509. The van der Waals surface area contributed by atoms with E-state index in [1.54, 1.807) is 55.9 Å². The van der Waals surface area contributed by atoms with Crippen molar-refractivity contribution in [3.63, 3.8) is 0 Å². The van der Waals surface area contributed by atoms with Gasteiger partial charge >= 0.3 is 17.9 Å². The van der Waals surface area contributed by atoms with Crippen LogP contribution in [0.15, 0.2) is 213 Å². The number of Topliss-reactive ketones (excluding diaryl/α,β-unsaturated/α-hetero) is 1. The number of nitriles is 1. The number of rotatable bonds is 14. The third-order valence-electron chi connectivity index (χ3n) is 26.3. The molecule has 6 aliphatic rings. The van der Waals surface area contributed by atoms with Gasteiger partial charge < -0.3 is 46.4 Å². The van der Waals surface area contributed by atoms with Crippen LogP contribution in [-0.4, -0.2) is 177 Å². The molecule has 20 aromatic rings. The molecule has 0 aliphatic carbocycles. The Morgan fingerprint density at radius 2 is 0.764 bits per heavy atom. The van der Waals surface area contributed by atoms with Crippen LogP contribution in [0.25, 0.3) is 102 Å². The van der Waals surface area contributed by atoms with Gasteiger partial charge in [-0.15, -0.1) is 56.1 Å². The van der Waals surface area contributed by atoms with Gasteiger partial charge in [0.05, 0.1) is 145 Å². The molecule has 0 amide bonds. The maximum absolute atomic E-state index is 13.9. The normalized spacial score (nSPS) is 12.1. The van der Waals surface area contributed by atoms with Crippen molar-refractivity contribution in [1.82, 2.24) is 146 Å². The Morgan fingerprint density at radius 3 is 1.26 bits per heavy atom. The van der Waals surface area contributed by atoms with Crippen molar-refractivity contribution in [2.45, 2.75) is 155 Å². The second-order valence-corrected chi connectivity index (χ2v) is 36.4. The first-order valence-electron chi connectivity index (χ1n) is 48.2. The summed E-state index contributed by atoms with van der Waals surface area (Å²) in [5.41, 5.74) is 24.2. The van der Waals surface area contributed by atoms with Crippen LogP contribution >= 0.6 is 15.9 Å². The highest BCUT2D eigenvalue weighted by molar-refractivity contribution is 9.10. The van der Waals surface area contributed by atoms with Gasteiger partial charge in [0, 0.05) is 59.1 Å². The minimum Gasteiger partial charge on any atom is -0.486 e. The van der Waals surface area contributed by atoms with Gasteiger partial charge in [0.1, 0.15) is 84.3 Å². The molecule has 0 atom stereocenters. The number of fused-ring (bicyclic) bond motifs is 30. The minimum atomic E-state index is -0.477. The van der Waals surface area contributed by atoms with Gasteiger partial charge in [0.2, 0.25) is 4.73 Å². The zero-order chi connectivity index (χ0) is 103. The molecule has 0 radical (unpaired) electrons. The molecule has 6 aliphatic heterocycles. The van der Waals surface area contributed by atoms with E-state index in [9.17, 15) is 28.4 Å². The molecule has 0 fully saturated rings. The van der Waals surface area contributed by atoms with Gasteiger partial charge in [-0.3, -0.25) is 32.2 Å². The third kappa shape index (κ3) is 17.8. The molecule has 0 bridgehead atoms. The Morgan fingerprint density at radius 1 is 0.372 bits per heavy atom. The highest BCUT2D eigenvalue weighted by atomic mass is 79.9. The summed E-state index contributed by atoms with van der Waals surface area (Å²) in [5.74, 6) is 7.55. The molecule has 0 N–H and O–H groups in total. The number of imidazole rings is 6. The topological polar surface area (TPSA) is 403 Å². The number of para-hydroxylation sites is 1. The molecule has 8 aromatic carbocycles. The number of aromatic nitrogens is 30. The van der Waals surface area contributed by atoms with E-state index in [0.29, 0.717) is 127 Å². The minimum absolute atomic E-state index is 0.0241. The van der Waals surface area contributed by atoms with Crippen LogP contribution in [0.1, 0.15) is 176 Å². The lowest BCUT2D eigenvalue weighted by Crippen LogP contribution is -2.13. The summed E-state index contributed by atoms with van der Waals surface area (Å²) in [5, 5.41) is 60.9. The maximum Gasteiger partial charge on any atom is 0.358 e. The Bertz CT molecular complexity index is 8620. The number of carbonyl (C=O) groups is 3. The van der Waals surface area contributed by atoms with Crippen molar-refractivity contribution in [2.24, 2.45) is 0 Å². The lowest BCUT2D eigenvalue weighted by Gasteiger charge is -2.10. The van der Waals surface area contributed by atoms with Crippen molar-refractivity contribution in [1.29, 1.82) is 5.26 Å². The molecule has 0 saturated carbocycles. The van der Waals surface area contributed by atoms with Gasteiger partial charge in [0.25, 0.3) is 0 Å². The first kappa shape index (κ1) is 96.1. The molecule has 0 unspecified atom stereocenters. The molecular weight excluding hydrogens is 1950 g/mol. The lowest BCUT2D eigenvalue weighted by atomic mass is 10.1. The van der Waals surface area contributed by atoms with E-state index in [1.165, 1.54) is 35.4 Å². The second kappa shape index (κ2) is 40.2. The summed E-state index contributed by atoms with van der Waals surface area (Å²) >= 11 is 3.48. The van der Waals surface area contributed by atoms with Crippen LogP contribution in [0.2, 0.25) is 0 Å². The zero-order valence-corrected chi connectivity index (χ0v) is 84.3. The first-order chi connectivity index (χ1) is 72.0. The zero-order valence-electron chi connectivity index (χ0n) is 82.7. The number of ether oxygens (including phenoxy) is 4. The number of nitrogens with zero attached hydrogens (tertiary/aromatic N) is 31. The molecule has 148 heavy (non-hydrogen) atoms. The van der Waals surface area contributed by atoms with Crippen molar-refractivity contribution >= 4 is 33.7 Å². The predicted molar refractivity (Wildman–Crippen MR) is 543 cm³/mol. The summed E-state index contributed by atoms with van der Waals surface area (Å²) in [6.07, 6.45) is 14.9. The van der Waals surface area contributed by atoms with Crippen LogP contribution < -0.4 is 9.47 Å². The number of carbonyl (C=O) groups excluding carboxylic acids is 3. The molecule has 38 nitrogen and oxygen atoms in total. The number of esters is 2. The fraction of sp³-hybridized carbons (Fsp3) is 0.234. The third-order valence-corrected chi connectivity index (χ3v) is 26.8. The number of aryl methyl sites for hydroxylation is 9. The van der Waals surface area contributed by atoms with E-state index in [4.69, 9.17) is 18.9 Å². The van der Waals surface area contributed by atoms with E-state index in [2.05, 4.69) is 201 Å². The van der Waals surface area contributed by atoms with Gasteiger partial charge in [-0.2, -0.15) is 5.26 Å². The van der Waals surface area contributed by atoms with Gasteiger partial charge in [-0.1, -0.05) is 110 Å². The van der Waals surface area contributed by atoms with E-state index in [-0.39, 0.29) is 48.6 Å². The Kier molecular flexibility index (Phi) is 26.1. The highest BCUT2D eigenvalue weighted by Gasteiger charge is 2.36. The Labute approximate surface area is 853 Å². The molecule has 12 aromatic heterocycles. The fourth-order valence-electron chi connectivity index (χ4n) is 19.0. The SMILES string of the molecule is CCC(=O)c1ncn2c1Cn1c(COc3ccccc3)nnc1-c1cc(C)ccc1-2.CCOC(=O)c1ncn2c1Cn1c(CC)nnc1-c1cc(F)ccc1-2.CCOC(=O)c1ncn2c1Cn1c(Oc3cccc(C)c3)nnc1-c1cc(C)ccc1-2.CCc1nnc2n1Cc1c(C#N)ncn1-c1ccc(F)cc1-2.CCc1nnc2n1Cc1cncn1-c1ccc(C)cc1-2.Cc1ccc2c(c1)-c1nnc(Br)n1Cc1c(C)ncn1-2. The smallest absolute Gasteiger partial charge is 0.358 e. The monoisotopic (exact) mass is 2040 g/mol. The van der Waals surface area contributed by atoms with E-state index in [1.807, 2.05) is 178 Å². The number of halogens is 3. The van der Waals surface area contributed by atoms with Crippen LogP contribution in [0.4, 0.5) is 8.78 Å². The van der Waals surface area contributed by atoms with Crippen molar-refractivity contribution < 1.29 is 42.1 Å². The molecule has 18 heterocycles. The number of ketones is 1. The quantitative estimate of drug-likeness (QED) is 0.0720. The summed E-state index contributed by atoms with van der Waals surface area (Å²) in [7, 11) is 0. The van der Waals surface area contributed by atoms with Gasteiger partial charge in [-0.05, 0) is 186 Å².